The van der Waals surface area contributed by atoms with Crippen molar-refractivity contribution in [1.29, 1.82) is 0 Å². The van der Waals surface area contributed by atoms with Crippen LogP contribution >= 0.6 is 22.7 Å². The molecule has 0 fully saturated rings. The highest BCUT2D eigenvalue weighted by molar-refractivity contribution is 7.15. The van der Waals surface area contributed by atoms with Gasteiger partial charge in [-0.1, -0.05) is 0 Å². The molecule has 0 aliphatic carbocycles. The van der Waals surface area contributed by atoms with Gasteiger partial charge in [0, 0.05) is 23.5 Å². The third-order valence-corrected chi connectivity index (χ3v) is 3.83. The average molecular weight is 221 g/mol. The molecule has 70 valence electrons. The quantitative estimate of drug-likeness (QED) is 0.632. The maximum Gasteiger partial charge on any atom is 0.194 e. The first kappa shape index (κ1) is 8.14. The number of aromatic nitrogens is 3. The lowest BCUT2D eigenvalue weighted by Crippen LogP contribution is -1.77. The van der Waals surface area contributed by atoms with E-state index >= 15 is 0 Å². The molecular weight excluding hydrogens is 214 g/mol. The molecule has 0 aromatic carbocycles. The first-order valence-corrected chi connectivity index (χ1v) is 5.92. The second-order valence-electron chi connectivity index (χ2n) is 3.02. The third-order valence-electron chi connectivity index (χ3n) is 2.07. The van der Waals surface area contributed by atoms with Crippen molar-refractivity contribution >= 4 is 27.6 Å². The van der Waals surface area contributed by atoms with Crippen LogP contribution in [0.5, 0.6) is 0 Å². The van der Waals surface area contributed by atoms with Gasteiger partial charge in [0.15, 0.2) is 4.96 Å². The predicted octanol–water partition coefficient (Wildman–Crippen LogP) is 2.83. The molecule has 0 amide bonds. The van der Waals surface area contributed by atoms with E-state index in [1.54, 1.807) is 22.7 Å². The fourth-order valence-electron chi connectivity index (χ4n) is 1.35. The predicted molar refractivity (Wildman–Crippen MR) is 58.9 cm³/mol. The number of thiazole rings is 2. The van der Waals surface area contributed by atoms with Crippen LogP contribution in [-0.2, 0) is 0 Å². The largest absolute Gasteiger partial charge is 0.294 e. The summed E-state index contributed by atoms with van der Waals surface area (Å²) in [5.74, 6) is 0. The Morgan fingerprint density at radius 2 is 2.29 bits per heavy atom. The number of imidazole rings is 1. The van der Waals surface area contributed by atoms with E-state index in [0.29, 0.717) is 0 Å². The Bertz CT molecular complexity index is 562. The van der Waals surface area contributed by atoms with Crippen molar-refractivity contribution in [3.63, 3.8) is 0 Å². The van der Waals surface area contributed by atoms with E-state index in [2.05, 4.69) is 32.9 Å². The van der Waals surface area contributed by atoms with E-state index in [0.717, 1.165) is 15.5 Å². The number of rotatable bonds is 1. The first-order chi connectivity index (χ1) is 6.84. The van der Waals surface area contributed by atoms with Crippen LogP contribution in [-0.4, -0.2) is 14.4 Å². The summed E-state index contributed by atoms with van der Waals surface area (Å²) in [6, 6.07) is 0. The summed E-state index contributed by atoms with van der Waals surface area (Å²) >= 11 is 3.29. The summed E-state index contributed by atoms with van der Waals surface area (Å²) in [5, 5.41) is 2.11. The molecule has 3 nitrogen and oxygen atoms in total. The van der Waals surface area contributed by atoms with Crippen LogP contribution in [0.25, 0.3) is 15.5 Å². The number of fused-ring (bicyclic) bond motifs is 1. The van der Waals surface area contributed by atoms with Crippen molar-refractivity contribution in [2.75, 3.05) is 0 Å². The molecule has 14 heavy (non-hydrogen) atoms. The van der Waals surface area contributed by atoms with Gasteiger partial charge in [0.2, 0.25) is 0 Å². The second-order valence-corrected chi connectivity index (χ2v) is 4.74. The average Bonchev–Trinajstić information content (AvgIpc) is 2.83. The Labute approximate surface area is 88.7 Å². The van der Waals surface area contributed by atoms with E-state index in [1.807, 2.05) is 11.7 Å². The molecule has 0 saturated heterocycles. The zero-order valence-corrected chi connectivity index (χ0v) is 9.10. The van der Waals surface area contributed by atoms with Gasteiger partial charge in [-0.25, -0.2) is 4.98 Å². The van der Waals surface area contributed by atoms with Crippen molar-refractivity contribution in [2.24, 2.45) is 0 Å². The fourth-order valence-corrected chi connectivity index (χ4v) is 2.78. The highest BCUT2D eigenvalue weighted by atomic mass is 32.1. The minimum absolute atomic E-state index is 1.02. The molecular formula is C9H7N3S2. The summed E-state index contributed by atoms with van der Waals surface area (Å²) in [5.41, 5.74) is 4.08. The van der Waals surface area contributed by atoms with Gasteiger partial charge >= 0.3 is 0 Å². The van der Waals surface area contributed by atoms with Gasteiger partial charge < -0.3 is 0 Å². The molecule has 0 aliphatic rings. The lowest BCUT2D eigenvalue weighted by molar-refractivity contribution is 1.13. The summed E-state index contributed by atoms with van der Waals surface area (Å²) in [6.07, 6.45) is 3.92. The van der Waals surface area contributed by atoms with Crippen molar-refractivity contribution in [2.45, 2.75) is 6.92 Å². The monoisotopic (exact) mass is 221 g/mol. The SMILES string of the molecule is Cc1csc2nc(-c3cncs3)cn12. The highest BCUT2D eigenvalue weighted by Crippen LogP contribution is 2.25. The van der Waals surface area contributed by atoms with Gasteiger partial charge in [-0.3, -0.25) is 9.38 Å². The molecule has 0 spiro atoms. The Balaban J connectivity index is 2.24. The fraction of sp³-hybridized carbons (Fsp3) is 0.111. The van der Waals surface area contributed by atoms with E-state index in [9.17, 15) is 0 Å². The highest BCUT2D eigenvalue weighted by Gasteiger charge is 2.07. The minimum atomic E-state index is 1.02. The van der Waals surface area contributed by atoms with Crippen molar-refractivity contribution in [3.8, 4) is 10.6 Å². The summed E-state index contributed by atoms with van der Waals surface area (Å²) in [4.78, 5) is 10.7. The lowest BCUT2D eigenvalue weighted by atomic mass is 10.4. The summed E-state index contributed by atoms with van der Waals surface area (Å²) < 4.78 is 2.11. The van der Waals surface area contributed by atoms with Crippen LogP contribution in [0.4, 0.5) is 0 Å². The maximum atomic E-state index is 4.53. The lowest BCUT2D eigenvalue weighted by Gasteiger charge is -1.86. The Hall–Kier alpha value is -1.20. The molecule has 3 rings (SSSR count). The first-order valence-electron chi connectivity index (χ1n) is 4.16. The molecule has 0 radical (unpaired) electrons. The van der Waals surface area contributed by atoms with E-state index in [1.165, 1.54) is 5.69 Å². The molecule has 0 unspecified atom stereocenters. The zero-order valence-electron chi connectivity index (χ0n) is 7.47. The standard InChI is InChI=1S/C9H7N3S2/c1-6-4-13-9-11-7(3-12(6)9)8-2-10-5-14-8/h2-5H,1H3. The van der Waals surface area contributed by atoms with Crippen molar-refractivity contribution < 1.29 is 0 Å². The molecule has 0 N–H and O–H groups in total. The van der Waals surface area contributed by atoms with Crippen LogP contribution in [0, 0.1) is 6.92 Å². The van der Waals surface area contributed by atoms with Crippen LogP contribution in [0.1, 0.15) is 5.69 Å². The van der Waals surface area contributed by atoms with Gasteiger partial charge in [0.25, 0.3) is 0 Å². The van der Waals surface area contributed by atoms with Gasteiger partial charge in [0.1, 0.15) is 5.69 Å². The Kier molecular flexibility index (Phi) is 1.68. The van der Waals surface area contributed by atoms with Gasteiger partial charge in [0.05, 0.1) is 10.4 Å². The molecule has 3 heterocycles. The molecule has 5 heteroatoms. The smallest absolute Gasteiger partial charge is 0.194 e. The molecule has 3 aromatic rings. The van der Waals surface area contributed by atoms with Gasteiger partial charge in [-0.05, 0) is 6.92 Å². The van der Waals surface area contributed by atoms with Gasteiger partial charge in [-0.15, -0.1) is 22.7 Å². The molecule has 3 aromatic heterocycles. The van der Waals surface area contributed by atoms with Crippen LogP contribution < -0.4 is 0 Å². The number of hydrogen-bond acceptors (Lipinski definition) is 4. The summed E-state index contributed by atoms with van der Waals surface area (Å²) in [7, 11) is 0. The van der Waals surface area contributed by atoms with Gasteiger partial charge in [-0.2, -0.15) is 0 Å². The number of hydrogen-bond donors (Lipinski definition) is 0. The normalized spacial score (nSPS) is 11.2. The van der Waals surface area contributed by atoms with Crippen molar-refractivity contribution in [1.82, 2.24) is 14.4 Å². The van der Waals surface area contributed by atoms with E-state index < -0.39 is 0 Å². The topological polar surface area (TPSA) is 30.2 Å². The molecule has 0 bridgehead atoms. The van der Waals surface area contributed by atoms with Crippen molar-refractivity contribution in [3.05, 3.63) is 29.0 Å². The van der Waals surface area contributed by atoms with Crippen LogP contribution in [0.15, 0.2) is 23.3 Å². The Morgan fingerprint density at radius 3 is 3.00 bits per heavy atom. The maximum absolute atomic E-state index is 4.53. The number of nitrogens with zero attached hydrogens (tertiary/aromatic N) is 3. The molecule has 0 atom stereocenters. The van der Waals surface area contributed by atoms with Crippen LogP contribution in [0.2, 0.25) is 0 Å². The molecule has 0 aliphatic heterocycles. The summed E-state index contributed by atoms with van der Waals surface area (Å²) in [6.45, 7) is 2.08. The molecule has 0 saturated carbocycles. The van der Waals surface area contributed by atoms with E-state index in [-0.39, 0.29) is 0 Å². The second kappa shape index (κ2) is 2.90. The Morgan fingerprint density at radius 1 is 1.36 bits per heavy atom. The van der Waals surface area contributed by atoms with Crippen LogP contribution in [0.3, 0.4) is 0 Å². The number of aryl methyl sites for hydroxylation is 1. The van der Waals surface area contributed by atoms with E-state index in [4.69, 9.17) is 0 Å². The zero-order chi connectivity index (χ0) is 9.54. The third kappa shape index (κ3) is 1.09. The minimum Gasteiger partial charge on any atom is -0.294 e.